The Labute approximate surface area is 114 Å². The van der Waals surface area contributed by atoms with Gasteiger partial charge in [-0.3, -0.25) is 0 Å². The second-order valence-corrected chi connectivity index (χ2v) is 5.77. The Morgan fingerprint density at radius 3 is 2.47 bits per heavy atom. The van der Waals surface area contributed by atoms with Crippen molar-refractivity contribution in [1.29, 1.82) is 0 Å². The lowest BCUT2D eigenvalue weighted by Gasteiger charge is -2.38. The molecule has 1 aliphatic rings. The normalized spacial score (nSPS) is 18.5. The van der Waals surface area contributed by atoms with E-state index in [0.29, 0.717) is 0 Å². The van der Waals surface area contributed by atoms with Crippen molar-refractivity contribution in [3.05, 3.63) is 35.4 Å². The molecule has 3 heteroatoms. The van der Waals surface area contributed by atoms with E-state index >= 15 is 0 Å². The fourth-order valence-corrected chi connectivity index (χ4v) is 3.19. The Morgan fingerprint density at radius 1 is 1.11 bits per heavy atom. The number of hydrogen-bond acceptors (Lipinski definition) is 1. The number of halogens is 2. The number of rotatable bonds is 5. The minimum Gasteiger partial charge on any atom is -0.316 e. The van der Waals surface area contributed by atoms with Crippen LogP contribution in [0.4, 0.5) is 8.78 Å². The van der Waals surface area contributed by atoms with Crippen LogP contribution in [-0.2, 0) is 6.42 Å². The summed E-state index contributed by atoms with van der Waals surface area (Å²) in [5, 5.41) is 3.44. The molecule has 0 spiro atoms. The van der Waals surface area contributed by atoms with Crippen LogP contribution in [-0.4, -0.2) is 13.1 Å². The molecule has 1 aromatic rings. The van der Waals surface area contributed by atoms with Gasteiger partial charge in [-0.1, -0.05) is 32.3 Å². The van der Waals surface area contributed by atoms with E-state index in [9.17, 15) is 8.78 Å². The zero-order valence-corrected chi connectivity index (χ0v) is 11.6. The molecule has 1 nitrogen and oxygen atoms in total. The Balaban J connectivity index is 2.12. The second-order valence-electron chi connectivity index (χ2n) is 5.77. The molecule has 1 fully saturated rings. The highest BCUT2D eigenvalue weighted by Crippen LogP contribution is 2.38. The molecule has 0 aromatic heterocycles. The van der Waals surface area contributed by atoms with Crippen molar-refractivity contribution in [2.24, 2.45) is 5.41 Å². The van der Waals surface area contributed by atoms with E-state index in [2.05, 4.69) is 12.2 Å². The Bertz CT molecular complexity index is 411. The summed E-state index contributed by atoms with van der Waals surface area (Å²) in [4.78, 5) is 0. The molecule has 1 saturated carbocycles. The lowest BCUT2D eigenvalue weighted by molar-refractivity contribution is 0.182. The number of hydrogen-bond donors (Lipinski definition) is 1. The molecule has 1 aliphatic carbocycles. The van der Waals surface area contributed by atoms with E-state index in [1.165, 1.54) is 44.2 Å². The first-order valence-electron chi connectivity index (χ1n) is 7.30. The molecule has 0 saturated heterocycles. The molecule has 0 amide bonds. The zero-order chi connectivity index (χ0) is 13.7. The summed E-state index contributed by atoms with van der Waals surface area (Å²) in [6.45, 7) is 4.04. The first-order valence-corrected chi connectivity index (χ1v) is 7.30. The second kappa shape index (κ2) is 6.47. The smallest absolute Gasteiger partial charge is 0.159 e. The maximum absolute atomic E-state index is 13.3. The topological polar surface area (TPSA) is 12.0 Å². The molecule has 2 rings (SSSR count). The predicted molar refractivity (Wildman–Crippen MR) is 74.1 cm³/mol. The van der Waals surface area contributed by atoms with Crippen molar-refractivity contribution in [1.82, 2.24) is 5.32 Å². The van der Waals surface area contributed by atoms with Gasteiger partial charge in [0.1, 0.15) is 0 Å². The van der Waals surface area contributed by atoms with Gasteiger partial charge in [0.15, 0.2) is 11.6 Å². The lowest BCUT2D eigenvalue weighted by atomic mass is 9.70. The van der Waals surface area contributed by atoms with Crippen LogP contribution in [0.15, 0.2) is 18.2 Å². The van der Waals surface area contributed by atoms with Gasteiger partial charge in [0.25, 0.3) is 0 Å². The Morgan fingerprint density at radius 2 is 1.84 bits per heavy atom. The predicted octanol–water partition coefficient (Wildman–Crippen LogP) is 4.07. The lowest BCUT2D eigenvalue weighted by Crippen LogP contribution is -2.38. The molecule has 1 N–H and O–H groups in total. The van der Waals surface area contributed by atoms with Gasteiger partial charge in [0.2, 0.25) is 0 Å². The maximum Gasteiger partial charge on any atom is 0.159 e. The first-order chi connectivity index (χ1) is 9.15. The van der Waals surface area contributed by atoms with Crippen molar-refractivity contribution in [2.75, 3.05) is 13.1 Å². The molecule has 0 heterocycles. The third kappa shape index (κ3) is 3.75. The fraction of sp³-hybridized carbons (Fsp3) is 0.625. The molecule has 106 valence electrons. The van der Waals surface area contributed by atoms with Gasteiger partial charge in [0, 0.05) is 6.54 Å². The molecular formula is C16H23F2N. The summed E-state index contributed by atoms with van der Waals surface area (Å²) in [5.41, 5.74) is 1.14. The van der Waals surface area contributed by atoms with E-state index in [1.807, 2.05) is 0 Å². The van der Waals surface area contributed by atoms with Gasteiger partial charge in [-0.2, -0.15) is 0 Å². The summed E-state index contributed by atoms with van der Waals surface area (Å²) in [6, 6.07) is 4.33. The SMILES string of the molecule is CCNCC1(Cc2ccc(F)c(F)c2)CCCCC1. The monoisotopic (exact) mass is 267 g/mol. The Kier molecular flexibility index (Phi) is 4.92. The number of nitrogens with one attached hydrogen (secondary N) is 1. The van der Waals surface area contributed by atoms with Crippen molar-refractivity contribution in [2.45, 2.75) is 45.4 Å². The van der Waals surface area contributed by atoms with Gasteiger partial charge >= 0.3 is 0 Å². The Hall–Kier alpha value is -0.960. The summed E-state index contributed by atoms with van der Waals surface area (Å²) < 4.78 is 26.3. The van der Waals surface area contributed by atoms with E-state index in [0.717, 1.165) is 25.1 Å². The highest BCUT2D eigenvalue weighted by atomic mass is 19.2. The standard InChI is InChI=1S/C16H23F2N/c1-2-19-12-16(8-4-3-5-9-16)11-13-6-7-14(17)15(18)10-13/h6-7,10,19H,2-5,8-9,11-12H2,1H3. The number of benzene rings is 1. The van der Waals surface area contributed by atoms with E-state index in [-0.39, 0.29) is 5.41 Å². The van der Waals surface area contributed by atoms with Crippen LogP contribution in [0.25, 0.3) is 0 Å². The molecule has 0 aliphatic heterocycles. The summed E-state index contributed by atoms with van der Waals surface area (Å²) in [7, 11) is 0. The molecule has 1 aromatic carbocycles. The van der Waals surface area contributed by atoms with Crippen molar-refractivity contribution < 1.29 is 8.78 Å². The van der Waals surface area contributed by atoms with Crippen molar-refractivity contribution >= 4 is 0 Å². The summed E-state index contributed by atoms with van der Waals surface area (Å²) in [6.07, 6.45) is 6.99. The molecule has 0 unspecified atom stereocenters. The van der Waals surface area contributed by atoms with Gasteiger partial charge < -0.3 is 5.32 Å². The van der Waals surface area contributed by atoms with E-state index < -0.39 is 11.6 Å². The van der Waals surface area contributed by atoms with Crippen LogP contribution >= 0.6 is 0 Å². The largest absolute Gasteiger partial charge is 0.316 e. The molecule has 19 heavy (non-hydrogen) atoms. The van der Waals surface area contributed by atoms with Crippen molar-refractivity contribution in [3.63, 3.8) is 0 Å². The molecule has 0 atom stereocenters. The van der Waals surface area contributed by atoms with Crippen LogP contribution in [0.2, 0.25) is 0 Å². The average Bonchev–Trinajstić information content (AvgIpc) is 2.42. The quantitative estimate of drug-likeness (QED) is 0.848. The highest BCUT2D eigenvalue weighted by Gasteiger charge is 2.31. The molecular weight excluding hydrogens is 244 g/mol. The van der Waals surface area contributed by atoms with E-state index in [4.69, 9.17) is 0 Å². The third-order valence-electron chi connectivity index (χ3n) is 4.23. The fourth-order valence-electron chi connectivity index (χ4n) is 3.19. The van der Waals surface area contributed by atoms with Gasteiger partial charge in [-0.25, -0.2) is 8.78 Å². The summed E-state index contributed by atoms with van der Waals surface area (Å²) in [5.74, 6) is -1.49. The van der Waals surface area contributed by atoms with E-state index in [1.54, 1.807) is 6.07 Å². The van der Waals surface area contributed by atoms with Crippen LogP contribution in [0.5, 0.6) is 0 Å². The van der Waals surface area contributed by atoms with Gasteiger partial charge in [-0.15, -0.1) is 0 Å². The minimum atomic E-state index is -0.756. The molecule has 0 bridgehead atoms. The maximum atomic E-state index is 13.3. The van der Waals surface area contributed by atoms with Crippen LogP contribution in [0.1, 0.15) is 44.6 Å². The van der Waals surface area contributed by atoms with Crippen molar-refractivity contribution in [3.8, 4) is 0 Å². The third-order valence-corrected chi connectivity index (χ3v) is 4.23. The zero-order valence-electron chi connectivity index (χ0n) is 11.6. The highest BCUT2D eigenvalue weighted by molar-refractivity contribution is 5.19. The van der Waals surface area contributed by atoms with Gasteiger partial charge in [-0.05, 0) is 48.9 Å². The molecule has 0 radical (unpaired) electrons. The van der Waals surface area contributed by atoms with Crippen LogP contribution in [0, 0.1) is 17.0 Å². The first kappa shape index (κ1) is 14.4. The van der Waals surface area contributed by atoms with Gasteiger partial charge in [0.05, 0.1) is 0 Å². The average molecular weight is 267 g/mol. The minimum absolute atomic E-state index is 0.221. The summed E-state index contributed by atoms with van der Waals surface area (Å²) >= 11 is 0. The van der Waals surface area contributed by atoms with Crippen LogP contribution in [0.3, 0.4) is 0 Å². The van der Waals surface area contributed by atoms with Crippen LogP contribution < -0.4 is 5.32 Å².